The largest absolute Gasteiger partial charge is 0.340 e. The van der Waals surface area contributed by atoms with Crippen LogP contribution in [0.15, 0.2) is 53.4 Å². The Morgan fingerprint density at radius 1 is 1.07 bits per heavy atom. The van der Waals surface area contributed by atoms with Crippen LogP contribution in [0.4, 0.5) is 8.78 Å². The number of fused-ring (bicyclic) bond motifs is 2. The number of benzene rings is 2. The van der Waals surface area contributed by atoms with Crippen molar-refractivity contribution >= 4 is 30.1 Å². The quantitative estimate of drug-likeness (QED) is 0.729. The Hall–Kier alpha value is -1.63. The predicted octanol–water partition coefficient (Wildman–Crippen LogP) is 4.57. The van der Waals surface area contributed by atoms with Crippen molar-refractivity contribution in [3.05, 3.63) is 65.7 Å². The third-order valence-corrected chi connectivity index (χ3v) is 6.58. The summed E-state index contributed by atoms with van der Waals surface area (Å²) in [6.45, 7) is 1.37. The van der Waals surface area contributed by atoms with Crippen molar-refractivity contribution in [2.45, 2.75) is 41.5 Å². The van der Waals surface area contributed by atoms with Crippen LogP contribution in [0.25, 0.3) is 0 Å². The third-order valence-electron chi connectivity index (χ3n) is 5.30. The predicted molar refractivity (Wildman–Crippen MR) is 110 cm³/mol. The topological polar surface area (TPSA) is 32.3 Å². The van der Waals surface area contributed by atoms with E-state index in [1.165, 1.54) is 0 Å². The number of carbonyl (C=O) groups excluding carboxylic acids is 1. The van der Waals surface area contributed by atoms with Gasteiger partial charge in [-0.15, -0.1) is 24.2 Å². The molecular weight excluding hydrogens is 402 g/mol. The van der Waals surface area contributed by atoms with E-state index in [0.29, 0.717) is 25.2 Å². The highest BCUT2D eigenvalue weighted by Crippen LogP contribution is 2.39. The molecule has 2 heterocycles. The molecule has 150 valence electrons. The van der Waals surface area contributed by atoms with Crippen molar-refractivity contribution in [3.8, 4) is 0 Å². The summed E-state index contributed by atoms with van der Waals surface area (Å²) in [7, 11) is 0. The summed E-state index contributed by atoms with van der Waals surface area (Å²) in [4.78, 5) is 15.4. The molecule has 2 fully saturated rings. The van der Waals surface area contributed by atoms with Gasteiger partial charge in [0.1, 0.15) is 16.9 Å². The van der Waals surface area contributed by atoms with Crippen LogP contribution in [0.2, 0.25) is 0 Å². The zero-order valence-electron chi connectivity index (χ0n) is 15.3. The summed E-state index contributed by atoms with van der Waals surface area (Å²) < 4.78 is 27.8. The van der Waals surface area contributed by atoms with E-state index in [0.717, 1.165) is 54.8 Å². The van der Waals surface area contributed by atoms with Gasteiger partial charge in [0.2, 0.25) is 5.91 Å². The molecule has 2 aliphatic heterocycles. The molecule has 0 aromatic heterocycles. The summed E-state index contributed by atoms with van der Waals surface area (Å²) in [5.74, 6) is -1.05. The van der Waals surface area contributed by atoms with Crippen LogP contribution in [-0.2, 0) is 4.79 Å². The second-order valence-corrected chi connectivity index (χ2v) is 8.34. The summed E-state index contributed by atoms with van der Waals surface area (Å²) in [6.07, 6.45) is 3.18. The lowest BCUT2D eigenvalue weighted by Crippen LogP contribution is -2.40. The van der Waals surface area contributed by atoms with Crippen LogP contribution in [-0.4, -0.2) is 36.0 Å². The molecule has 0 aliphatic carbocycles. The lowest BCUT2D eigenvalue weighted by atomic mass is 10.1. The van der Waals surface area contributed by atoms with Gasteiger partial charge in [0.15, 0.2) is 0 Å². The fraction of sp³-hybridized carbons (Fsp3) is 0.381. The van der Waals surface area contributed by atoms with Gasteiger partial charge in [-0.05, 0) is 43.0 Å². The molecule has 2 saturated heterocycles. The highest BCUT2D eigenvalue weighted by Gasteiger charge is 2.34. The normalized spacial score (nSPS) is 22.3. The molecule has 4 rings (SSSR count). The van der Waals surface area contributed by atoms with Gasteiger partial charge in [0, 0.05) is 30.1 Å². The molecule has 3 unspecified atom stereocenters. The van der Waals surface area contributed by atoms with Crippen molar-refractivity contribution in [2.24, 2.45) is 0 Å². The van der Waals surface area contributed by atoms with Crippen molar-refractivity contribution < 1.29 is 13.6 Å². The van der Waals surface area contributed by atoms with E-state index in [1.54, 1.807) is 0 Å². The monoisotopic (exact) mass is 424 g/mol. The lowest BCUT2D eigenvalue weighted by molar-refractivity contribution is -0.131. The van der Waals surface area contributed by atoms with E-state index in [-0.39, 0.29) is 23.2 Å². The first-order chi connectivity index (χ1) is 13.1. The van der Waals surface area contributed by atoms with Gasteiger partial charge in [-0.2, -0.15) is 0 Å². The van der Waals surface area contributed by atoms with Crippen molar-refractivity contribution in [3.63, 3.8) is 0 Å². The standard InChI is InChI=1S/C21H22F2N2OS.ClH/c22-15-6-9-18(23)19(12-15)27-20(14-4-2-1-3-5-14)21(26)25-11-10-16-7-8-17(13-25)24-16;/h1-6,9,12,16-17,20,24H,7-8,10-11,13H2;1H. The van der Waals surface area contributed by atoms with Crippen LogP contribution in [0.1, 0.15) is 30.1 Å². The highest BCUT2D eigenvalue weighted by molar-refractivity contribution is 8.00. The average Bonchev–Trinajstić information content (AvgIpc) is 3.01. The van der Waals surface area contributed by atoms with E-state index in [1.807, 2.05) is 35.2 Å². The van der Waals surface area contributed by atoms with Crippen LogP contribution in [0, 0.1) is 11.6 Å². The molecule has 0 radical (unpaired) electrons. The Morgan fingerprint density at radius 3 is 2.61 bits per heavy atom. The number of hydrogen-bond acceptors (Lipinski definition) is 3. The first-order valence-corrected chi connectivity index (χ1v) is 10.2. The van der Waals surface area contributed by atoms with Crippen LogP contribution in [0.5, 0.6) is 0 Å². The molecule has 2 bridgehead atoms. The van der Waals surface area contributed by atoms with Gasteiger partial charge >= 0.3 is 0 Å². The maximum atomic E-state index is 14.2. The number of amides is 1. The maximum Gasteiger partial charge on any atom is 0.240 e. The van der Waals surface area contributed by atoms with Gasteiger partial charge in [0.25, 0.3) is 0 Å². The number of nitrogens with zero attached hydrogens (tertiary/aromatic N) is 1. The highest BCUT2D eigenvalue weighted by atomic mass is 35.5. The number of hydrogen-bond donors (Lipinski definition) is 1. The van der Waals surface area contributed by atoms with E-state index >= 15 is 0 Å². The van der Waals surface area contributed by atoms with Gasteiger partial charge < -0.3 is 10.2 Å². The number of carbonyl (C=O) groups is 1. The lowest BCUT2D eigenvalue weighted by Gasteiger charge is -2.28. The molecule has 1 amide bonds. The van der Waals surface area contributed by atoms with E-state index in [2.05, 4.69) is 5.32 Å². The molecule has 3 atom stereocenters. The zero-order chi connectivity index (χ0) is 18.8. The SMILES string of the molecule is Cl.O=C(C(Sc1cc(F)ccc1F)c1ccccc1)N1CCC2CCC(C1)N2. The Morgan fingerprint density at radius 2 is 1.82 bits per heavy atom. The zero-order valence-corrected chi connectivity index (χ0v) is 16.9. The molecule has 2 aromatic rings. The van der Waals surface area contributed by atoms with Crippen molar-refractivity contribution in [2.75, 3.05) is 13.1 Å². The summed E-state index contributed by atoms with van der Waals surface area (Å²) in [5, 5.41) is 2.97. The smallest absolute Gasteiger partial charge is 0.240 e. The molecule has 0 saturated carbocycles. The molecule has 3 nitrogen and oxygen atoms in total. The van der Waals surface area contributed by atoms with E-state index in [9.17, 15) is 13.6 Å². The molecule has 2 aromatic carbocycles. The van der Waals surface area contributed by atoms with Crippen LogP contribution in [0.3, 0.4) is 0 Å². The van der Waals surface area contributed by atoms with E-state index in [4.69, 9.17) is 0 Å². The molecule has 7 heteroatoms. The van der Waals surface area contributed by atoms with Gasteiger partial charge in [-0.1, -0.05) is 30.3 Å². The first kappa shape index (κ1) is 21.1. The average molecular weight is 425 g/mol. The fourth-order valence-electron chi connectivity index (χ4n) is 3.89. The fourth-order valence-corrected chi connectivity index (χ4v) is 5.05. The number of thioether (sulfide) groups is 1. The summed E-state index contributed by atoms with van der Waals surface area (Å²) in [5.41, 5.74) is 0.804. The Bertz CT molecular complexity index is 823. The number of rotatable bonds is 4. The minimum Gasteiger partial charge on any atom is -0.340 e. The number of nitrogens with one attached hydrogen (secondary N) is 1. The van der Waals surface area contributed by atoms with Crippen LogP contribution >= 0.6 is 24.2 Å². The first-order valence-electron chi connectivity index (χ1n) is 9.31. The molecule has 1 N–H and O–H groups in total. The Kier molecular flexibility index (Phi) is 6.96. The number of halogens is 3. The second kappa shape index (κ2) is 9.25. The Balaban J connectivity index is 0.00000225. The van der Waals surface area contributed by atoms with Crippen molar-refractivity contribution in [1.82, 2.24) is 10.2 Å². The minimum absolute atomic E-state index is 0. The summed E-state index contributed by atoms with van der Waals surface area (Å²) >= 11 is 1.08. The maximum absolute atomic E-state index is 14.2. The Labute approximate surface area is 174 Å². The molecule has 0 spiro atoms. The van der Waals surface area contributed by atoms with E-state index < -0.39 is 16.9 Å². The molecule has 2 aliphatic rings. The molecule has 28 heavy (non-hydrogen) atoms. The van der Waals surface area contributed by atoms with Gasteiger partial charge in [0.05, 0.1) is 0 Å². The van der Waals surface area contributed by atoms with Gasteiger partial charge in [-0.25, -0.2) is 8.78 Å². The molecular formula is C21H23ClF2N2OS. The van der Waals surface area contributed by atoms with Crippen molar-refractivity contribution in [1.29, 1.82) is 0 Å². The van der Waals surface area contributed by atoms with Gasteiger partial charge in [-0.3, -0.25) is 4.79 Å². The minimum atomic E-state index is -0.598. The van der Waals surface area contributed by atoms with Crippen LogP contribution < -0.4 is 5.32 Å². The third kappa shape index (κ3) is 4.67. The number of likely N-dealkylation sites (tertiary alicyclic amines) is 1. The second-order valence-electron chi connectivity index (χ2n) is 7.19. The summed E-state index contributed by atoms with van der Waals surface area (Å²) in [6, 6.07) is 13.5.